The molecule has 1 N–H and O–H groups in total. The van der Waals surface area contributed by atoms with Crippen molar-refractivity contribution in [2.24, 2.45) is 10.3 Å². The number of nitrogens with zero attached hydrogens (tertiary/aromatic N) is 3. The van der Waals surface area contributed by atoms with Crippen LogP contribution in [0.15, 0.2) is 28.3 Å². The average molecular weight is 339 g/mol. The van der Waals surface area contributed by atoms with Crippen molar-refractivity contribution in [2.45, 2.75) is 19.4 Å². The molecule has 0 saturated carbocycles. The normalized spacial score (nSPS) is 28.9. The van der Waals surface area contributed by atoms with Crippen molar-refractivity contribution >= 4 is 27.7 Å². The van der Waals surface area contributed by atoms with Crippen LogP contribution in [0.4, 0.5) is 0 Å². The van der Waals surface area contributed by atoms with Gasteiger partial charge in [-0.2, -0.15) is 0 Å². The number of carboxylic acid groups (broad SMARTS) is 1. The summed E-state index contributed by atoms with van der Waals surface area (Å²) in [6.07, 6.45) is 5.26. The zero-order valence-corrected chi connectivity index (χ0v) is 13.4. The summed E-state index contributed by atoms with van der Waals surface area (Å²) in [5.41, 5.74) is 0.189. The minimum Gasteiger partial charge on any atom is -0.481 e. The molecule has 1 fully saturated rings. The molecule has 3 heterocycles. The largest absolute Gasteiger partial charge is 0.481 e. The second-order valence-electron chi connectivity index (χ2n) is 5.79. The van der Waals surface area contributed by atoms with E-state index in [1.54, 1.807) is 24.1 Å². The number of hydrogen-bond acceptors (Lipinski definition) is 5. The first-order valence-electron chi connectivity index (χ1n) is 7.32. The Labute approximate surface area is 133 Å². The van der Waals surface area contributed by atoms with Gasteiger partial charge in [0, 0.05) is 25.3 Å². The first-order valence-corrected chi connectivity index (χ1v) is 8.93. The number of amides is 1. The summed E-state index contributed by atoms with van der Waals surface area (Å²) in [6, 6.07) is -0.443. The van der Waals surface area contributed by atoms with E-state index in [1.165, 1.54) is 11.0 Å². The Bertz CT molecular complexity index is 752. The molecule has 0 aliphatic carbocycles. The predicted molar refractivity (Wildman–Crippen MR) is 82.1 cm³/mol. The van der Waals surface area contributed by atoms with Gasteiger partial charge in [0.1, 0.15) is 0 Å². The van der Waals surface area contributed by atoms with Gasteiger partial charge < -0.3 is 14.9 Å². The molecule has 3 aliphatic rings. The van der Waals surface area contributed by atoms with Gasteiger partial charge in [-0.15, -0.1) is 4.40 Å². The molecule has 9 heteroatoms. The van der Waals surface area contributed by atoms with Crippen molar-refractivity contribution in [3.8, 4) is 0 Å². The number of fused-ring (bicyclic) bond motifs is 1. The molecule has 0 spiro atoms. The lowest BCUT2D eigenvalue weighted by Gasteiger charge is -2.31. The number of rotatable bonds is 2. The molecular formula is C14H17N3O5S. The molecule has 0 aromatic heterocycles. The number of carboxylic acids is 1. The highest BCUT2D eigenvalue weighted by Crippen LogP contribution is 2.28. The summed E-state index contributed by atoms with van der Waals surface area (Å²) in [7, 11) is -3.57. The van der Waals surface area contributed by atoms with Crippen LogP contribution in [0.3, 0.4) is 0 Å². The molecule has 1 amide bonds. The zero-order chi connectivity index (χ0) is 16.8. The van der Waals surface area contributed by atoms with Crippen LogP contribution in [0, 0.1) is 5.92 Å². The lowest BCUT2D eigenvalue weighted by Crippen LogP contribution is -2.45. The fraction of sp³-hybridized carbons (Fsp3) is 0.500. The van der Waals surface area contributed by atoms with Crippen molar-refractivity contribution in [2.75, 3.05) is 18.8 Å². The van der Waals surface area contributed by atoms with Crippen molar-refractivity contribution in [1.29, 1.82) is 0 Å². The van der Waals surface area contributed by atoms with Gasteiger partial charge in [0.05, 0.1) is 17.2 Å². The Kier molecular flexibility index (Phi) is 3.75. The number of carbonyl (C=O) groups is 2. The molecule has 23 heavy (non-hydrogen) atoms. The fourth-order valence-electron chi connectivity index (χ4n) is 3.09. The smallest absolute Gasteiger partial charge is 0.308 e. The Hall–Kier alpha value is -2.16. The van der Waals surface area contributed by atoms with Crippen LogP contribution in [0.25, 0.3) is 0 Å². The molecule has 1 saturated heterocycles. The molecule has 3 rings (SSSR count). The number of aliphatic carboxylic acids is 1. The third kappa shape index (κ3) is 2.76. The lowest BCUT2D eigenvalue weighted by atomic mass is 10.0. The number of likely N-dealkylation sites (tertiary alicyclic amines) is 1. The molecule has 0 aromatic carbocycles. The highest BCUT2D eigenvalue weighted by molar-refractivity contribution is 7.90. The highest BCUT2D eigenvalue weighted by atomic mass is 32.2. The maximum atomic E-state index is 12.8. The lowest BCUT2D eigenvalue weighted by molar-refractivity contribution is -0.142. The van der Waals surface area contributed by atoms with Gasteiger partial charge in [-0.05, 0) is 25.5 Å². The van der Waals surface area contributed by atoms with Crippen LogP contribution < -0.4 is 0 Å². The second kappa shape index (κ2) is 5.48. The van der Waals surface area contributed by atoms with Crippen LogP contribution in [0.2, 0.25) is 0 Å². The molecular weight excluding hydrogens is 322 g/mol. The third-order valence-corrected chi connectivity index (χ3v) is 5.57. The van der Waals surface area contributed by atoms with E-state index < -0.39 is 28.0 Å². The van der Waals surface area contributed by atoms with Crippen LogP contribution in [-0.4, -0.2) is 65.9 Å². The van der Waals surface area contributed by atoms with Gasteiger partial charge in [0.2, 0.25) is 0 Å². The summed E-state index contributed by atoms with van der Waals surface area (Å²) in [5.74, 6) is -1.89. The van der Waals surface area contributed by atoms with E-state index >= 15 is 0 Å². The molecule has 0 bridgehead atoms. The van der Waals surface area contributed by atoms with Gasteiger partial charge in [0.25, 0.3) is 15.9 Å². The Morgan fingerprint density at radius 3 is 2.74 bits per heavy atom. The summed E-state index contributed by atoms with van der Waals surface area (Å²) in [6.45, 7) is 2.27. The van der Waals surface area contributed by atoms with Crippen LogP contribution in [0.5, 0.6) is 0 Å². The predicted octanol–water partition coefficient (Wildman–Crippen LogP) is -0.194. The molecule has 8 nitrogen and oxygen atoms in total. The molecule has 124 valence electrons. The number of sulfonamides is 1. The summed E-state index contributed by atoms with van der Waals surface area (Å²) < 4.78 is 27.2. The molecule has 2 unspecified atom stereocenters. The fourth-order valence-corrected chi connectivity index (χ4v) is 4.08. The average Bonchev–Trinajstić information content (AvgIpc) is 2.87. The molecule has 3 aliphatic heterocycles. The molecule has 2 atom stereocenters. The van der Waals surface area contributed by atoms with E-state index in [-0.39, 0.29) is 29.6 Å². The topological polar surface area (TPSA) is 107 Å². The zero-order valence-electron chi connectivity index (χ0n) is 12.5. The Morgan fingerprint density at radius 2 is 2.09 bits per heavy atom. The number of carbonyl (C=O) groups excluding carboxylic acids is 1. The number of hydrogen-bond donors (Lipinski definition) is 1. The minimum atomic E-state index is -3.57. The molecule has 0 aromatic rings. The van der Waals surface area contributed by atoms with E-state index in [0.29, 0.717) is 13.0 Å². The monoisotopic (exact) mass is 339 g/mol. The van der Waals surface area contributed by atoms with Crippen LogP contribution >= 0.6 is 0 Å². The first-order chi connectivity index (χ1) is 10.8. The van der Waals surface area contributed by atoms with Gasteiger partial charge in [0.15, 0.2) is 5.84 Å². The van der Waals surface area contributed by atoms with Crippen LogP contribution in [0.1, 0.15) is 13.3 Å². The van der Waals surface area contributed by atoms with E-state index in [2.05, 4.69) is 4.40 Å². The SMILES string of the molecule is CC1C(C(=O)O)CCN1C(=O)C1=CC=CN2CCS(=O)(=O)N=C12. The number of allylic oxidation sites excluding steroid dienone is 2. The van der Waals surface area contributed by atoms with Gasteiger partial charge in [-0.3, -0.25) is 9.59 Å². The van der Waals surface area contributed by atoms with Gasteiger partial charge in [-0.1, -0.05) is 0 Å². The Balaban J connectivity index is 1.90. The highest BCUT2D eigenvalue weighted by Gasteiger charge is 2.41. The van der Waals surface area contributed by atoms with Gasteiger partial charge >= 0.3 is 5.97 Å². The molecule has 0 radical (unpaired) electrons. The van der Waals surface area contributed by atoms with Crippen molar-refractivity contribution in [1.82, 2.24) is 9.80 Å². The summed E-state index contributed by atoms with van der Waals surface area (Å²) >= 11 is 0. The summed E-state index contributed by atoms with van der Waals surface area (Å²) in [5, 5.41) is 9.17. The van der Waals surface area contributed by atoms with Crippen molar-refractivity contribution in [3.05, 3.63) is 23.9 Å². The first kappa shape index (κ1) is 15.7. The van der Waals surface area contributed by atoms with E-state index in [0.717, 1.165) is 0 Å². The maximum Gasteiger partial charge on any atom is 0.308 e. The Morgan fingerprint density at radius 1 is 1.35 bits per heavy atom. The van der Waals surface area contributed by atoms with Gasteiger partial charge in [-0.25, -0.2) is 8.42 Å². The van der Waals surface area contributed by atoms with Crippen LogP contribution in [-0.2, 0) is 19.6 Å². The number of amidine groups is 1. The minimum absolute atomic E-state index is 0.0937. The maximum absolute atomic E-state index is 12.8. The summed E-state index contributed by atoms with van der Waals surface area (Å²) in [4.78, 5) is 27.1. The standard InChI is InChI=1S/C14H17N3O5S/c1-9-10(14(19)20)4-6-17(9)13(18)11-3-2-5-16-7-8-23(21,22)15-12(11)16/h2-3,5,9-10H,4,6-8H2,1H3,(H,19,20). The quantitative estimate of drug-likeness (QED) is 0.747. The van der Waals surface area contributed by atoms with E-state index in [4.69, 9.17) is 0 Å². The van der Waals surface area contributed by atoms with E-state index in [1.807, 2.05) is 0 Å². The van der Waals surface area contributed by atoms with Crippen molar-refractivity contribution in [3.63, 3.8) is 0 Å². The second-order valence-corrected chi connectivity index (χ2v) is 7.54. The third-order valence-electron chi connectivity index (χ3n) is 4.42. The van der Waals surface area contributed by atoms with E-state index in [9.17, 15) is 23.1 Å². The van der Waals surface area contributed by atoms with Crippen molar-refractivity contribution < 1.29 is 23.1 Å².